The molecular weight excluding hydrogens is 487 g/mol. The van der Waals surface area contributed by atoms with Crippen LogP contribution in [-0.2, 0) is 11.0 Å². The monoisotopic (exact) mass is 507 g/mol. The number of alkyl halides is 3. The van der Waals surface area contributed by atoms with Crippen molar-refractivity contribution >= 4 is 40.3 Å². The van der Waals surface area contributed by atoms with Crippen LogP contribution in [0.1, 0.15) is 24.0 Å². The second-order valence-electron chi connectivity index (χ2n) is 7.45. The fraction of sp³-hybridized carbons (Fsp3) is 0.261. The number of hydrogen-bond donors (Lipinski definition) is 3. The summed E-state index contributed by atoms with van der Waals surface area (Å²) in [6.07, 6.45) is -1.51. The van der Waals surface area contributed by atoms with Crippen LogP contribution < -0.4 is 10.6 Å². The quantitative estimate of drug-likeness (QED) is 0.330. The van der Waals surface area contributed by atoms with Crippen LogP contribution in [0.4, 0.5) is 18.9 Å². The molecule has 11 heteroatoms. The molecule has 1 unspecified atom stereocenters. The van der Waals surface area contributed by atoms with Gasteiger partial charge in [0.1, 0.15) is 5.17 Å². The van der Waals surface area contributed by atoms with E-state index in [2.05, 4.69) is 16.7 Å². The summed E-state index contributed by atoms with van der Waals surface area (Å²) in [5, 5.41) is 21.9. The molecule has 1 aliphatic heterocycles. The lowest BCUT2D eigenvalue weighted by Crippen LogP contribution is -2.41. The average molecular weight is 508 g/mol. The Kier molecular flexibility index (Phi) is 8.61. The molecule has 1 amide bonds. The van der Waals surface area contributed by atoms with Crippen molar-refractivity contribution in [3.63, 3.8) is 0 Å². The van der Waals surface area contributed by atoms with Crippen molar-refractivity contribution in [1.82, 2.24) is 9.62 Å². The molecule has 0 aliphatic carbocycles. The van der Waals surface area contributed by atoms with E-state index in [1.807, 2.05) is 16.4 Å². The largest absolute Gasteiger partial charge is 0.416 e. The molecule has 6 nitrogen and oxygen atoms in total. The van der Waals surface area contributed by atoms with Gasteiger partial charge < -0.3 is 10.6 Å². The smallest absolute Gasteiger partial charge is 0.361 e. The van der Waals surface area contributed by atoms with Crippen molar-refractivity contribution in [3.05, 3.63) is 71.4 Å². The molecule has 0 aromatic heterocycles. The summed E-state index contributed by atoms with van der Waals surface area (Å²) in [6, 6.07) is 13.2. The van der Waals surface area contributed by atoms with Crippen LogP contribution in [0.2, 0.25) is 0 Å². The van der Waals surface area contributed by atoms with Gasteiger partial charge in [-0.2, -0.15) is 18.4 Å². The van der Waals surface area contributed by atoms with Gasteiger partial charge in [-0.3, -0.25) is 10.2 Å². The third-order valence-corrected chi connectivity index (χ3v) is 6.47. The molecule has 0 bridgehead atoms. The lowest BCUT2D eigenvalue weighted by Gasteiger charge is -2.22. The summed E-state index contributed by atoms with van der Waals surface area (Å²) >= 11 is 7.28. The molecule has 178 valence electrons. The highest BCUT2D eigenvalue weighted by atomic mass is 35.5. The van der Waals surface area contributed by atoms with E-state index < -0.39 is 11.7 Å². The molecule has 1 atom stereocenters. The number of nitrogens with one attached hydrogen (secondary N) is 3. The van der Waals surface area contributed by atoms with Crippen molar-refractivity contribution in [1.29, 1.82) is 10.7 Å². The topological polar surface area (TPSA) is 92.0 Å². The van der Waals surface area contributed by atoms with Gasteiger partial charge in [-0.25, -0.2) is 4.31 Å². The highest BCUT2D eigenvalue weighted by Gasteiger charge is 2.32. The van der Waals surface area contributed by atoms with E-state index in [9.17, 15) is 18.0 Å². The first kappa shape index (κ1) is 25.6. The molecule has 2 aromatic carbocycles. The molecular formula is C23H21ClF3N5OS. The number of anilines is 1. The third-order valence-electron chi connectivity index (χ3n) is 5.07. The molecule has 3 rings (SSSR count). The van der Waals surface area contributed by atoms with Gasteiger partial charge in [-0.05, 0) is 73.3 Å². The molecule has 1 fully saturated rings. The van der Waals surface area contributed by atoms with Gasteiger partial charge in [0.25, 0.3) is 0 Å². The highest BCUT2D eigenvalue weighted by Crippen LogP contribution is 2.32. The minimum Gasteiger partial charge on any atom is -0.361 e. The Morgan fingerprint density at radius 1 is 1.24 bits per heavy atom. The maximum absolute atomic E-state index is 12.8. The van der Waals surface area contributed by atoms with E-state index in [-0.39, 0.29) is 29.2 Å². The number of nitriles is 1. The van der Waals surface area contributed by atoms with Gasteiger partial charge in [-0.1, -0.05) is 11.6 Å². The van der Waals surface area contributed by atoms with Gasteiger partial charge in [0.2, 0.25) is 5.91 Å². The molecule has 2 aromatic rings. The van der Waals surface area contributed by atoms with Crippen LogP contribution in [0, 0.1) is 16.7 Å². The molecule has 0 saturated carbocycles. The van der Waals surface area contributed by atoms with E-state index in [0.717, 1.165) is 30.0 Å². The molecule has 1 heterocycles. The van der Waals surface area contributed by atoms with E-state index in [0.29, 0.717) is 17.7 Å². The Balaban J connectivity index is 1.58. The lowest BCUT2D eigenvalue weighted by molar-refractivity contribution is -0.137. The van der Waals surface area contributed by atoms with Crippen LogP contribution in [0.15, 0.2) is 65.2 Å². The van der Waals surface area contributed by atoms with Crippen molar-refractivity contribution in [2.45, 2.75) is 30.0 Å². The first-order valence-corrected chi connectivity index (χ1v) is 11.4. The summed E-state index contributed by atoms with van der Waals surface area (Å²) < 4.78 is 40.0. The SMILES string of the molecule is N#Cc1ccc(SN2CCCC2C(=O)NC/C(=C/Nc2ccc(C(F)(F)F)cc2)C(=N)Cl)cc1. The predicted molar refractivity (Wildman–Crippen MR) is 126 cm³/mol. The molecule has 3 N–H and O–H groups in total. The van der Waals surface area contributed by atoms with Crippen molar-refractivity contribution in [3.8, 4) is 6.07 Å². The Bertz CT molecular complexity index is 1100. The van der Waals surface area contributed by atoms with Crippen LogP contribution in [0.3, 0.4) is 0 Å². The fourth-order valence-corrected chi connectivity index (χ4v) is 4.45. The number of nitrogens with zero attached hydrogens (tertiary/aromatic N) is 2. The zero-order chi connectivity index (χ0) is 24.7. The second-order valence-corrected chi connectivity index (χ2v) is 8.95. The van der Waals surface area contributed by atoms with Crippen molar-refractivity contribution < 1.29 is 18.0 Å². The fourth-order valence-electron chi connectivity index (χ4n) is 3.26. The number of amides is 1. The molecule has 0 radical (unpaired) electrons. The summed E-state index contributed by atoms with van der Waals surface area (Å²) in [6.45, 7) is 0.715. The van der Waals surface area contributed by atoms with E-state index in [4.69, 9.17) is 22.3 Å². The standard InChI is InChI=1S/C23H21ClF3N5OS/c24-21(29)16(13-30-18-7-5-17(6-8-18)23(25,26)27)14-31-22(33)20-2-1-11-32(20)34-19-9-3-15(12-28)4-10-19/h3-10,13,20,29-30H,1-2,11,14H2,(H,31,33)/b16-13-,29-21?. The summed E-state index contributed by atoms with van der Waals surface area (Å²) in [5.41, 5.74) is 0.460. The molecule has 34 heavy (non-hydrogen) atoms. The number of rotatable bonds is 8. The van der Waals surface area contributed by atoms with Crippen molar-refractivity contribution in [2.75, 3.05) is 18.4 Å². The number of halogens is 4. The first-order valence-electron chi connectivity index (χ1n) is 10.3. The number of hydrogen-bond acceptors (Lipinski definition) is 6. The van der Waals surface area contributed by atoms with Gasteiger partial charge in [0.05, 0.1) is 23.2 Å². The third kappa shape index (κ3) is 7.00. The number of carbonyl (C=O) groups is 1. The van der Waals surface area contributed by atoms with E-state index >= 15 is 0 Å². The summed E-state index contributed by atoms with van der Waals surface area (Å²) in [5.74, 6) is -0.211. The Morgan fingerprint density at radius 2 is 1.91 bits per heavy atom. The Labute approximate surface area is 204 Å². The van der Waals surface area contributed by atoms with E-state index in [1.165, 1.54) is 30.3 Å². The number of benzene rings is 2. The summed E-state index contributed by atoms with van der Waals surface area (Å²) in [7, 11) is 0. The summed E-state index contributed by atoms with van der Waals surface area (Å²) in [4.78, 5) is 13.7. The number of carbonyl (C=O) groups excluding carboxylic acids is 1. The minimum atomic E-state index is -4.42. The van der Waals surface area contributed by atoms with Crippen LogP contribution >= 0.6 is 23.5 Å². The van der Waals surface area contributed by atoms with Gasteiger partial charge >= 0.3 is 6.18 Å². The Hall–Kier alpha value is -3.00. The van der Waals surface area contributed by atoms with Gasteiger partial charge in [-0.15, -0.1) is 0 Å². The van der Waals surface area contributed by atoms with Crippen LogP contribution in [-0.4, -0.2) is 34.5 Å². The second kappa shape index (κ2) is 11.4. The zero-order valence-electron chi connectivity index (χ0n) is 17.8. The maximum atomic E-state index is 12.8. The van der Waals surface area contributed by atoms with E-state index in [1.54, 1.807) is 12.1 Å². The molecule has 0 spiro atoms. The lowest BCUT2D eigenvalue weighted by atomic mass is 10.2. The first-order chi connectivity index (χ1) is 16.2. The molecule has 1 saturated heterocycles. The zero-order valence-corrected chi connectivity index (χ0v) is 19.4. The van der Waals surface area contributed by atoms with Crippen LogP contribution in [0.25, 0.3) is 0 Å². The van der Waals surface area contributed by atoms with Crippen molar-refractivity contribution in [2.24, 2.45) is 0 Å². The predicted octanol–water partition coefficient (Wildman–Crippen LogP) is 5.38. The highest BCUT2D eigenvalue weighted by molar-refractivity contribution is 7.97. The van der Waals surface area contributed by atoms with Gasteiger partial charge in [0.15, 0.2) is 0 Å². The van der Waals surface area contributed by atoms with Gasteiger partial charge in [0, 0.05) is 35.4 Å². The molecule has 1 aliphatic rings. The average Bonchev–Trinajstić information content (AvgIpc) is 3.27. The minimum absolute atomic E-state index is 0.0132. The Morgan fingerprint density at radius 3 is 2.50 bits per heavy atom. The maximum Gasteiger partial charge on any atom is 0.416 e. The van der Waals surface area contributed by atoms with Crippen LogP contribution in [0.5, 0.6) is 0 Å². The normalized spacial score (nSPS) is 16.7.